The number of alkyl carbamates (subject to hydrolysis) is 1. The van der Waals surface area contributed by atoms with Gasteiger partial charge < -0.3 is 25.0 Å². The van der Waals surface area contributed by atoms with Gasteiger partial charge in [-0.2, -0.15) is 4.98 Å². The van der Waals surface area contributed by atoms with Gasteiger partial charge in [0.05, 0.1) is 22.7 Å². The number of carbonyl (C=O) groups is 4. The monoisotopic (exact) mass is 872 g/mol. The van der Waals surface area contributed by atoms with Crippen LogP contribution in [0.25, 0.3) is 22.0 Å². The summed E-state index contributed by atoms with van der Waals surface area (Å²) in [5, 5.41) is 5.56. The molecular weight excluding hydrogens is 813 g/mol. The molecule has 15 nitrogen and oxygen atoms in total. The van der Waals surface area contributed by atoms with Crippen molar-refractivity contribution in [3.8, 4) is 17.1 Å². The second-order valence-electron chi connectivity index (χ2n) is 18.2. The number of aromatic nitrogens is 2. The van der Waals surface area contributed by atoms with Crippen LogP contribution in [0.15, 0.2) is 53.3 Å². The van der Waals surface area contributed by atoms with Gasteiger partial charge in [0.2, 0.25) is 21.8 Å². The molecule has 3 saturated carbocycles. The molecule has 8 rings (SSSR count). The van der Waals surface area contributed by atoms with Crippen LogP contribution in [-0.2, 0) is 35.7 Å². The topological polar surface area (TPSA) is 195 Å². The molecule has 3 heterocycles. The molecule has 1 saturated heterocycles. The molecule has 7 atom stereocenters. The first kappa shape index (κ1) is 43.7. The van der Waals surface area contributed by atoms with Crippen molar-refractivity contribution in [1.82, 2.24) is 29.8 Å². The number of amides is 4. The Morgan fingerprint density at radius 1 is 0.871 bits per heavy atom. The number of hydrogen-bond donors (Lipinski definition) is 3. The maximum absolute atomic E-state index is 15.0. The van der Waals surface area contributed by atoms with Crippen LogP contribution in [0.2, 0.25) is 0 Å². The molecule has 4 fully saturated rings. The van der Waals surface area contributed by atoms with E-state index >= 15 is 0 Å². The van der Waals surface area contributed by atoms with E-state index in [1.54, 1.807) is 17.6 Å². The second kappa shape index (κ2) is 18.8. The highest BCUT2D eigenvalue weighted by Gasteiger charge is 2.47. The number of nitrogens with zero attached hydrogens (tertiary/aromatic N) is 3. The lowest BCUT2D eigenvalue weighted by molar-refractivity contribution is -0.142. The van der Waals surface area contributed by atoms with E-state index in [1.165, 1.54) is 4.90 Å². The summed E-state index contributed by atoms with van der Waals surface area (Å²) in [6.07, 6.45) is 8.68. The Morgan fingerprint density at radius 2 is 1.60 bits per heavy atom. The number of fused-ring (bicyclic) bond motifs is 5. The predicted molar refractivity (Wildman–Crippen MR) is 232 cm³/mol. The van der Waals surface area contributed by atoms with E-state index in [9.17, 15) is 32.4 Å². The smallest absolute Gasteiger partial charge is 0.408 e. The number of benzene rings is 2. The average molecular weight is 873 g/mol. The lowest BCUT2D eigenvalue weighted by atomic mass is 9.96. The van der Waals surface area contributed by atoms with Gasteiger partial charge in [-0.1, -0.05) is 82.3 Å². The molecule has 4 amide bonds. The average Bonchev–Trinajstić information content (AvgIpc) is 3.60. The largest absolute Gasteiger partial charge is 0.459 e. The van der Waals surface area contributed by atoms with Crippen LogP contribution < -0.4 is 25.7 Å². The fraction of sp³-hybridized carbons (Fsp3) is 0.609. The minimum atomic E-state index is -3.91. The quantitative estimate of drug-likeness (QED) is 0.244. The molecule has 3 aromatic rings. The van der Waals surface area contributed by atoms with Gasteiger partial charge in [-0.05, 0) is 98.8 Å². The van der Waals surface area contributed by atoms with Crippen molar-refractivity contribution < 1.29 is 37.1 Å². The molecule has 5 aliphatic rings. The summed E-state index contributed by atoms with van der Waals surface area (Å²) in [7, 11) is -3.91. The van der Waals surface area contributed by atoms with Crippen LogP contribution in [0.3, 0.4) is 0 Å². The summed E-state index contributed by atoms with van der Waals surface area (Å²) < 4.78 is 42.1. The summed E-state index contributed by atoms with van der Waals surface area (Å²) in [5.41, 5.74) is 2.03. The maximum atomic E-state index is 15.0. The van der Waals surface area contributed by atoms with E-state index in [4.69, 9.17) is 14.5 Å². The second-order valence-corrected chi connectivity index (χ2v) is 20.1. The van der Waals surface area contributed by atoms with Crippen LogP contribution in [0.5, 0.6) is 6.01 Å². The number of carbonyl (C=O) groups excluding carboxylic acids is 4. The maximum Gasteiger partial charge on any atom is 0.408 e. The molecule has 334 valence electrons. The normalized spacial score (nSPS) is 26.2. The lowest BCUT2D eigenvalue weighted by Crippen LogP contribution is -2.59. The predicted octanol–water partition coefficient (Wildman–Crippen LogP) is 5.58. The summed E-state index contributed by atoms with van der Waals surface area (Å²) >= 11 is 0. The fourth-order valence-electron chi connectivity index (χ4n) is 9.93. The van der Waals surface area contributed by atoms with Gasteiger partial charge in [0.25, 0.3) is 17.5 Å². The van der Waals surface area contributed by atoms with E-state index in [0.29, 0.717) is 56.0 Å². The van der Waals surface area contributed by atoms with Gasteiger partial charge in [0, 0.05) is 13.0 Å². The molecule has 3 N–H and O–H groups in total. The molecule has 0 radical (unpaired) electrons. The molecule has 3 aliphatic carbocycles. The van der Waals surface area contributed by atoms with Gasteiger partial charge in [0.15, 0.2) is 0 Å². The van der Waals surface area contributed by atoms with Crippen LogP contribution in [0, 0.1) is 17.8 Å². The Hall–Kier alpha value is -4.99. The first-order chi connectivity index (χ1) is 29.9. The van der Waals surface area contributed by atoms with Crippen LogP contribution in [0.4, 0.5) is 4.79 Å². The molecular formula is C46H60N6O9S. The number of ether oxygens (including phenoxy) is 2. The summed E-state index contributed by atoms with van der Waals surface area (Å²) in [6, 6.07) is 12.1. The number of rotatable bonds is 9. The van der Waals surface area contributed by atoms with Gasteiger partial charge in [0.1, 0.15) is 30.3 Å². The Morgan fingerprint density at radius 3 is 2.34 bits per heavy atom. The van der Waals surface area contributed by atoms with Crippen LogP contribution in [-0.4, -0.2) is 88.8 Å². The van der Waals surface area contributed by atoms with Crippen molar-refractivity contribution in [3.63, 3.8) is 0 Å². The minimum Gasteiger partial charge on any atom is -0.459 e. The first-order valence-corrected chi connectivity index (χ1v) is 24.3. The van der Waals surface area contributed by atoms with Crippen molar-refractivity contribution in [2.75, 3.05) is 6.54 Å². The summed E-state index contributed by atoms with van der Waals surface area (Å²) in [6.45, 7) is 3.86. The summed E-state index contributed by atoms with van der Waals surface area (Å²) in [4.78, 5) is 77.6. The Bertz CT molecular complexity index is 2310. The number of nitrogens with one attached hydrogen (secondary N) is 3. The standard InChI is InChI=1S/C46H60N6O9S/c1-3-28(2)39(42(54)50-62(58,59)34-21-22-34)48-41(53)37-26-33-27-52(37)44(56)40(31-16-9-10-17-31)49-46(57)61-38-19-12-18-30(38)15-8-5-11-24-51-43(55)35-23-20-32(29-13-6-4-7-14-29)25-36(35)47-45(51)60-33/h4,6-7,13-14,20,23,25,28,30-31,33-34,37-40H,3,5,8-12,15-19,21-22,24,26-27H2,1-2H3,(H,48,53)(H,49,57)(H,50,54)/t28-,30+,33+,37-,38+,39?,40-/m0/s1. The molecule has 2 aliphatic heterocycles. The van der Waals surface area contributed by atoms with Crippen molar-refractivity contribution in [3.05, 3.63) is 58.9 Å². The Labute approximate surface area is 363 Å². The van der Waals surface area contributed by atoms with Gasteiger partial charge in [-0.15, -0.1) is 0 Å². The highest BCUT2D eigenvalue weighted by atomic mass is 32.2. The van der Waals surface area contributed by atoms with E-state index < -0.39 is 69.2 Å². The molecule has 1 aromatic heterocycles. The lowest BCUT2D eigenvalue weighted by Gasteiger charge is -2.32. The van der Waals surface area contributed by atoms with Crippen LogP contribution in [0.1, 0.15) is 110 Å². The zero-order valence-electron chi connectivity index (χ0n) is 35.8. The Balaban J connectivity index is 1.16. The third-order valence-electron chi connectivity index (χ3n) is 13.9. The van der Waals surface area contributed by atoms with E-state index in [1.807, 2.05) is 49.4 Å². The highest BCUT2D eigenvalue weighted by Crippen LogP contribution is 2.35. The van der Waals surface area contributed by atoms with Crippen molar-refractivity contribution >= 4 is 44.7 Å². The van der Waals surface area contributed by atoms with E-state index in [-0.39, 0.29) is 42.5 Å². The third-order valence-corrected chi connectivity index (χ3v) is 15.7. The highest BCUT2D eigenvalue weighted by molar-refractivity contribution is 7.90. The van der Waals surface area contributed by atoms with E-state index in [0.717, 1.165) is 62.5 Å². The van der Waals surface area contributed by atoms with Gasteiger partial charge in [-0.3, -0.25) is 28.5 Å². The molecule has 2 aromatic carbocycles. The van der Waals surface area contributed by atoms with Crippen molar-refractivity contribution in [1.29, 1.82) is 0 Å². The zero-order chi connectivity index (χ0) is 43.5. The molecule has 0 spiro atoms. The number of hydrogen-bond acceptors (Lipinski definition) is 10. The SMILES string of the molecule is CC[C@H](C)C(NC(=O)[C@@H]1C[C@@H]2CN1C(=O)[C@H](C1CCCC1)NC(=O)O[C@@H]1CCC[C@H]1CCCCCn1c(nc3cc(-c4ccccc4)ccc3c1=O)O2)C(=O)NS(=O)(=O)C1CC1. The molecule has 16 heteroatoms. The van der Waals surface area contributed by atoms with E-state index in [2.05, 4.69) is 15.4 Å². The van der Waals surface area contributed by atoms with Gasteiger partial charge in [-0.25, -0.2) is 13.2 Å². The number of sulfonamides is 1. The molecule has 1 unspecified atom stereocenters. The summed E-state index contributed by atoms with van der Waals surface area (Å²) in [5.74, 6) is -2.42. The zero-order valence-corrected chi connectivity index (χ0v) is 36.6. The van der Waals surface area contributed by atoms with Crippen molar-refractivity contribution in [2.45, 2.75) is 152 Å². The van der Waals surface area contributed by atoms with Crippen molar-refractivity contribution in [2.24, 2.45) is 17.8 Å². The molecule has 2 bridgehead atoms. The fourth-order valence-corrected chi connectivity index (χ4v) is 11.3. The minimum absolute atomic E-state index is 0.0175. The third kappa shape index (κ3) is 9.64. The van der Waals surface area contributed by atoms with Gasteiger partial charge >= 0.3 is 6.09 Å². The van der Waals surface area contributed by atoms with Crippen LogP contribution >= 0.6 is 0 Å². The Kier molecular flexibility index (Phi) is 13.2. The molecule has 62 heavy (non-hydrogen) atoms. The first-order valence-electron chi connectivity index (χ1n) is 22.8.